The number of halogens is 8. The molecular weight excluding hydrogens is 697 g/mol. The van der Waals surface area contributed by atoms with Crippen LogP contribution in [0.2, 0.25) is 0 Å². The zero-order chi connectivity index (χ0) is 33.3. The smallest absolute Gasteiger partial charge is 0.346 e. The van der Waals surface area contributed by atoms with Crippen molar-refractivity contribution in [3.8, 4) is 11.8 Å². The number of aromatic nitrogens is 3. The van der Waals surface area contributed by atoms with E-state index in [1.54, 1.807) is 0 Å². The minimum absolute atomic E-state index is 0.0604. The average molecular weight is 721 g/mol. The van der Waals surface area contributed by atoms with Crippen molar-refractivity contribution in [3.05, 3.63) is 80.3 Å². The molecule has 5 rings (SSSR count). The van der Waals surface area contributed by atoms with Crippen LogP contribution in [0.3, 0.4) is 0 Å². The topological polar surface area (TPSA) is 93.9 Å². The van der Waals surface area contributed by atoms with Crippen molar-refractivity contribution >= 4 is 31.7 Å². The van der Waals surface area contributed by atoms with Gasteiger partial charge in [-0.1, -0.05) is 5.92 Å². The maximum Gasteiger partial charge on any atom is 0.435 e. The number of rotatable bonds is 7. The molecule has 45 heavy (non-hydrogen) atoms. The summed E-state index contributed by atoms with van der Waals surface area (Å²) in [6.07, 6.45) is -4.42. The molecule has 1 amide bonds. The summed E-state index contributed by atoms with van der Waals surface area (Å²) in [4.78, 5) is 17.6. The molecule has 2 heterocycles. The van der Waals surface area contributed by atoms with Crippen LogP contribution in [0.25, 0.3) is 0 Å². The van der Waals surface area contributed by atoms with Gasteiger partial charge in [-0.3, -0.25) is 9.48 Å². The first-order chi connectivity index (χ1) is 20.7. The second-order valence-electron chi connectivity index (χ2n) is 11.5. The zero-order valence-corrected chi connectivity index (χ0v) is 26.1. The molecule has 1 aromatic carbocycles. The van der Waals surface area contributed by atoms with E-state index in [4.69, 9.17) is 0 Å². The van der Waals surface area contributed by atoms with Gasteiger partial charge >= 0.3 is 6.18 Å². The molecule has 0 spiro atoms. The number of nitrogens with zero attached hydrogens (tertiary/aromatic N) is 3. The van der Waals surface area contributed by atoms with Crippen molar-refractivity contribution < 1.29 is 43.9 Å². The second-order valence-corrected chi connectivity index (χ2v) is 15.0. The Morgan fingerprint density at radius 1 is 1.18 bits per heavy atom. The van der Waals surface area contributed by atoms with Gasteiger partial charge in [0.15, 0.2) is 15.5 Å². The summed E-state index contributed by atoms with van der Waals surface area (Å²) in [5, 5.41) is 5.88. The van der Waals surface area contributed by atoms with Crippen molar-refractivity contribution in [3.63, 3.8) is 0 Å². The number of carbonyl (C=O) groups is 1. The number of benzene rings is 1. The summed E-state index contributed by atoms with van der Waals surface area (Å²) in [5.74, 6) is -3.52. The van der Waals surface area contributed by atoms with Gasteiger partial charge in [-0.05, 0) is 84.3 Å². The van der Waals surface area contributed by atoms with Gasteiger partial charge in [0.1, 0.15) is 34.3 Å². The third kappa shape index (κ3) is 6.46. The van der Waals surface area contributed by atoms with Gasteiger partial charge in [0.25, 0.3) is 5.92 Å². The summed E-state index contributed by atoms with van der Waals surface area (Å²) in [7, 11) is -3.59. The van der Waals surface area contributed by atoms with Gasteiger partial charge in [-0.15, -0.1) is 0 Å². The Labute approximate surface area is 261 Å². The quantitative estimate of drug-likeness (QED) is 0.245. The Morgan fingerprint density at radius 3 is 2.42 bits per heavy atom. The number of hydrogen-bond donors (Lipinski definition) is 1. The van der Waals surface area contributed by atoms with Crippen LogP contribution in [0.1, 0.15) is 66.1 Å². The van der Waals surface area contributed by atoms with Crippen LogP contribution in [0, 0.1) is 29.4 Å². The Bertz CT molecular complexity index is 1860. The largest absolute Gasteiger partial charge is 0.435 e. The summed E-state index contributed by atoms with van der Waals surface area (Å²) >= 11 is 3.30. The van der Waals surface area contributed by atoms with Gasteiger partial charge in [-0.2, -0.15) is 27.1 Å². The standard InChI is InChI=1S/C29H24BrF7N4O3S/c1-27(2,45(3,43)44)7-6-17-4-5-20(30)24(38-17)21(10-14-8-15(31)11-16(32)9-14)39-22(42)13-41-26-23(25(40-41)29(35,36)37)18-12-19(18)28(26,33)34/h4-5,8-9,11,18-19,21H,10,12-13H2,1-3H3,(H,39,42)/t18-,19+,21+/m0/s1. The molecule has 2 aromatic heterocycles. The van der Waals surface area contributed by atoms with E-state index >= 15 is 8.78 Å². The molecule has 0 bridgehead atoms. The van der Waals surface area contributed by atoms with E-state index in [1.165, 1.54) is 26.0 Å². The molecule has 0 aliphatic heterocycles. The molecule has 0 saturated heterocycles. The van der Waals surface area contributed by atoms with E-state index in [9.17, 15) is 35.2 Å². The Balaban J connectivity index is 1.51. The number of nitrogens with one attached hydrogen (secondary N) is 1. The minimum atomic E-state index is -5.02. The number of fused-ring (bicyclic) bond motifs is 3. The number of sulfone groups is 1. The molecular formula is C29H24BrF7N4O3S. The van der Waals surface area contributed by atoms with Crippen molar-refractivity contribution in [2.45, 2.75) is 62.0 Å². The molecule has 1 N–H and O–H groups in total. The van der Waals surface area contributed by atoms with Crippen LogP contribution in [-0.2, 0) is 39.7 Å². The maximum absolute atomic E-state index is 15.0. The molecule has 16 heteroatoms. The van der Waals surface area contributed by atoms with Crippen LogP contribution in [-0.4, -0.2) is 40.1 Å². The highest BCUT2D eigenvalue weighted by molar-refractivity contribution is 9.10. The minimum Gasteiger partial charge on any atom is -0.346 e. The molecule has 1 fully saturated rings. The maximum atomic E-state index is 15.0. The predicted octanol–water partition coefficient (Wildman–Crippen LogP) is 5.82. The van der Waals surface area contributed by atoms with Crippen molar-refractivity contribution in [1.82, 2.24) is 20.1 Å². The third-order valence-corrected chi connectivity index (χ3v) is 10.4. The van der Waals surface area contributed by atoms with Gasteiger partial charge in [0.05, 0.1) is 11.7 Å². The van der Waals surface area contributed by atoms with Crippen LogP contribution < -0.4 is 5.32 Å². The lowest BCUT2D eigenvalue weighted by Crippen LogP contribution is -2.35. The lowest BCUT2D eigenvalue weighted by Gasteiger charge is -2.21. The van der Waals surface area contributed by atoms with E-state index in [-0.39, 0.29) is 34.3 Å². The average Bonchev–Trinajstić information content (AvgIpc) is 3.54. The number of amides is 1. The Hall–Kier alpha value is -3.45. The molecule has 0 unspecified atom stereocenters. The fourth-order valence-electron chi connectivity index (χ4n) is 5.23. The van der Waals surface area contributed by atoms with E-state index in [2.05, 4.69) is 43.2 Å². The number of hydrogen-bond acceptors (Lipinski definition) is 5. The molecule has 240 valence electrons. The normalized spacial score (nSPS) is 19.3. The first-order valence-electron chi connectivity index (χ1n) is 13.4. The van der Waals surface area contributed by atoms with Gasteiger partial charge in [0.2, 0.25) is 5.91 Å². The highest BCUT2D eigenvalue weighted by Crippen LogP contribution is 2.68. The molecule has 3 aromatic rings. The zero-order valence-electron chi connectivity index (χ0n) is 23.7. The van der Waals surface area contributed by atoms with Crippen LogP contribution in [0.4, 0.5) is 30.7 Å². The first-order valence-corrected chi connectivity index (χ1v) is 16.1. The fraction of sp³-hybridized carbons (Fsp3) is 0.414. The molecule has 0 radical (unpaired) electrons. The lowest BCUT2D eigenvalue weighted by molar-refractivity contribution is -0.142. The van der Waals surface area contributed by atoms with Crippen molar-refractivity contribution in [1.29, 1.82) is 0 Å². The molecule has 2 aliphatic carbocycles. The third-order valence-electron chi connectivity index (χ3n) is 7.81. The summed E-state index contributed by atoms with van der Waals surface area (Å²) in [6.45, 7) is 1.76. The van der Waals surface area contributed by atoms with Gasteiger partial charge in [-0.25, -0.2) is 22.2 Å². The lowest BCUT2D eigenvalue weighted by atomic mass is 10.0. The van der Waals surface area contributed by atoms with Crippen molar-refractivity contribution in [2.24, 2.45) is 5.92 Å². The summed E-state index contributed by atoms with van der Waals surface area (Å²) < 4.78 is 123. The molecule has 7 nitrogen and oxygen atoms in total. The van der Waals surface area contributed by atoms with Gasteiger partial charge < -0.3 is 5.32 Å². The van der Waals surface area contributed by atoms with E-state index < -0.39 is 85.6 Å². The predicted molar refractivity (Wildman–Crippen MR) is 151 cm³/mol. The molecule has 3 atom stereocenters. The van der Waals surface area contributed by atoms with E-state index in [0.717, 1.165) is 18.4 Å². The second kappa shape index (κ2) is 11.1. The number of carbonyl (C=O) groups excluding carboxylic acids is 1. The number of alkyl halides is 5. The first kappa shape index (κ1) is 32.9. The van der Waals surface area contributed by atoms with E-state index in [0.29, 0.717) is 10.7 Å². The summed E-state index contributed by atoms with van der Waals surface area (Å²) in [5.41, 5.74) is -2.84. The molecule has 1 saturated carbocycles. The number of pyridine rings is 1. The van der Waals surface area contributed by atoms with Crippen molar-refractivity contribution in [2.75, 3.05) is 6.26 Å². The highest BCUT2D eigenvalue weighted by Gasteiger charge is 2.68. The monoisotopic (exact) mass is 720 g/mol. The molecule has 2 aliphatic rings. The van der Waals surface area contributed by atoms with Crippen LogP contribution in [0.5, 0.6) is 0 Å². The Morgan fingerprint density at radius 2 is 1.82 bits per heavy atom. The van der Waals surface area contributed by atoms with Crippen LogP contribution in [0.15, 0.2) is 34.8 Å². The van der Waals surface area contributed by atoms with E-state index in [1.807, 2.05) is 0 Å². The summed E-state index contributed by atoms with van der Waals surface area (Å²) in [6, 6.07) is 4.34. The van der Waals surface area contributed by atoms with Gasteiger partial charge in [0, 0.05) is 28.3 Å². The Kier molecular flexibility index (Phi) is 8.13. The SMILES string of the molecule is CC(C)(C#Cc1ccc(Br)c([C@@H](Cc2cc(F)cc(F)c2)NC(=O)Cn2nc(C(F)(F)F)c3c2C(F)(F)[C@@H]2C[C@H]32)n1)S(C)(=O)=O. The highest BCUT2D eigenvalue weighted by atomic mass is 79.9. The van der Waals surface area contributed by atoms with Crippen LogP contribution >= 0.6 is 15.9 Å². The fourth-order valence-corrected chi connectivity index (χ4v) is 5.96.